The highest BCUT2D eigenvalue weighted by molar-refractivity contribution is 7.11. The first-order valence-electron chi connectivity index (χ1n) is 4.43. The summed E-state index contributed by atoms with van der Waals surface area (Å²) in [7, 11) is 0. The first-order valence-corrected chi connectivity index (χ1v) is 5.25. The van der Waals surface area contributed by atoms with Crippen LogP contribution in [0.25, 0.3) is 0 Å². The molecule has 0 fully saturated rings. The van der Waals surface area contributed by atoms with E-state index < -0.39 is 6.43 Å². The first-order chi connectivity index (χ1) is 6.59. The van der Waals surface area contributed by atoms with Crippen LogP contribution in [0.5, 0.6) is 0 Å². The maximum Gasteiger partial charge on any atom is 0.291 e. The van der Waals surface area contributed by atoms with Crippen LogP contribution < -0.4 is 5.32 Å². The molecular weight excluding hydrogens is 208 g/mol. The molecule has 0 bridgehead atoms. The maximum atomic E-state index is 12.1. The fourth-order valence-corrected chi connectivity index (χ4v) is 1.62. The summed E-state index contributed by atoms with van der Waals surface area (Å²) in [5.41, 5.74) is 0. The molecule has 0 spiro atoms. The zero-order valence-electron chi connectivity index (χ0n) is 8.13. The van der Waals surface area contributed by atoms with Crippen molar-refractivity contribution < 1.29 is 8.78 Å². The Labute approximate surface area is 85.6 Å². The van der Waals surface area contributed by atoms with Gasteiger partial charge in [0.2, 0.25) is 0 Å². The summed E-state index contributed by atoms with van der Waals surface area (Å²) in [6, 6.07) is 0.400. The van der Waals surface area contributed by atoms with Crippen molar-refractivity contribution in [2.24, 2.45) is 0 Å². The number of alkyl halides is 2. The lowest BCUT2D eigenvalue weighted by atomic mass is 10.3. The summed E-state index contributed by atoms with van der Waals surface area (Å²) < 4.78 is 24.2. The van der Waals surface area contributed by atoms with E-state index in [0.29, 0.717) is 17.5 Å². The zero-order chi connectivity index (χ0) is 10.6. The quantitative estimate of drug-likeness (QED) is 0.826. The van der Waals surface area contributed by atoms with Crippen molar-refractivity contribution in [1.29, 1.82) is 0 Å². The first kappa shape index (κ1) is 11.5. The third-order valence-electron chi connectivity index (χ3n) is 1.56. The van der Waals surface area contributed by atoms with E-state index in [2.05, 4.69) is 15.5 Å². The molecule has 0 saturated heterocycles. The van der Waals surface area contributed by atoms with Crippen molar-refractivity contribution >= 4 is 11.3 Å². The van der Waals surface area contributed by atoms with Crippen LogP contribution in [0.1, 0.15) is 30.3 Å². The monoisotopic (exact) mass is 221 g/mol. The minimum absolute atomic E-state index is 0.190. The Kier molecular flexibility index (Phi) is 4.34. The summed E-state index contributed by atoms with van der Waals surface area (Å²) in [6.45, 7) is 4.81. The van der Waals surface area contributed by atoms with E-state index in [1.165, 1.54) is 0 Å². The van der Waals surface area contributed by atoms with Crippen molar-refractivity contribution in [1.82, 2.24) is 15.5 Å². The third kappa shape index (κ3) is 3.63. The summed E-state index contributed by atoms with van der Waals surface area (Å²) in [4.78, 5) is 0. The Balaban J connectivity index is 2.36. The number of nitrogens with one attached hydrogen (secondary N) is 1. The molecule has 0 aliphatic carbocycles. The summed E-state index contributed by atoms with van der Waals surface area (Å²) in [6.07, 6.45) is -1.85. The Hall–Kier alpha value is -0.620. The van der Waals surface area contributed by atoms with Crippen molar-refractivity contribution in [3.05, 3.63) is 10.0 Å². The average Bonchev–Trinajstić information content (AvgIpc) is 2.52. The van der Waals surface area contributed by atoms with E-state index >= 15 is 0 Å². The number of hydrogen-bond donors (Lipinski definition) is 1. The molecule has 0 saturated carbocycles. The van der Waals surface area contributed by atoms with Gasteiger partial charge in [-0.15, -0.1) is 10.2 Å². The van der Waals surface area contributed by atoms with Gasteiger partial charge in [-0.3, -0.25) is 0 Å². The van der Waals surface area contributed by atoms with E-state index in [-0.39, 0.29) is 5.01 Å². The Bertz CT molecular complexity index is 275. The highest BCUT2D eigenvalue weighted by Gasteiger charge is 2.13. The largest absolute Gasteiger partial charge is 0.314 e. The second-order valence-corrected chi connectivity index (χ2v) is 4.29. The second-order valence-electron chi connectivity index (χ2n) is 3.19. The van der Waals surface area contributed by atoms with Crippen LogP contribution in [-0.2, 0) is 6.42 Å². The molecule has 1 N–H and O–H groups in total. The molecule has 6 heteroatoms. The molecule has 0 aliphatic heterocycles. The standard InChI is InChI=1S/C8H13F2N3S/c1-5(2)11-4-3-6-12-13-8(14-6)7(9)10/h5,7,11H,3-4H2,1-2H3. The highest BCUT2D eigenvalue weighted by Crippen LogP contribution is 2.22. The molecule has 0 unspecified atom stereocenters. The van der Waals surface area contributed by atoms with Gasteiger partial charge in [0.1, 0.15) is 5.01 Å². The number of nitrogens with zero attached hydrogens (tertiary/aromatic N) is 2. The maximum absolute atomic E-state index is 12.1. The molecule has 0 aliphatic rings. The predicted molar refractivity (Wildman–Crippen MR) is 51.7 cm³/mol. The molecule has 80 valence electrons. The molecule has 1 aromatic heterocycles. The van der Waals surface area contributed by atoms with Gasteiger partial charge in [-0.1, -0.05) is 25.2 Å². The minimum atomic E-state index is -2.50. The SMILES string of the molecule is CC(C)NCCc1nnc(C(F)F)s1. The lowest BCUT2D eigenvalue weighted by Crippen LogP contribution is -2.24. The predicted octanol–water partition coefficient (Wildman–Crippen LogP) is 2.02. The fourth-order valence-electron chi connectivity index (χ4n) is 0.924. The van der Waals surface area contributed by atoms with Crippen LogP contribution >= 0.6 is 11.3 Å². The molecule has 14 heavy (non-hydrogen) atoms. The molecule has 1 aromatic rings. The van der Waals surface area contributed by atoms with Gasteiger partial charge >= 0.3 is 0 Å². The zero-order valence-corrected chi connectivity index (χ0v) is 8.94. The van der Waals surface area contributed by atoms with Gasteiger partial charge in [0.05, 0.1) is 0 Å². The van der Waals surface area contributed by atoms with Gasteiger partial charge in [-0.25, -0.2) is 8.78 Å². The highest BCUT2D eigenvalue weighted by atomic mass is 32.1. The van der Waals surface area contributed by atoms with Crippen LogP contribution in [0.15, 0.2) is 0 Å². The normalized spacial score (nSPS) is 11.6. The second kappa shape index (κ2) is 5.31. The summed E-state index contributed by atoms with van der Waals surface area (Å²) in [5.74, 6) is 0. The van der Waals surface area contributed by atoms with Gasteiger partial charge in [0.15, 0.2) is 5.01 Å². The lowest BCUT2D eigenvalue weighted by Gasteiger charge is -2.04. The molecular formula is C8H13F2N3S. The Morgan fingerprint density at radius 2 is 2.07 bits per heavy atom. The molecule has 0 atom stereocenters. The van der Waals surface area contributed by atoms with E-state index in [9.17, 15) is 8.78 Å². The summed E-state index contributed by atoms with van der Waals surface area (Å²) in [5, 5.41) is 10.7. The number of aromatic nitrogens is 2. The van der Waals surface area contributed by atoms with Crippen molar-refractivity contribution in [3.63, 3.8) is 0 Å². The Morgan fingerprint density at radius 1 is 1.36 bits per heavy atom. The van der Waals surface area contributed by atoms with Gasteiger partial charge < -0.3 is 5.32 Å². The van der Waals surface area contributed by atoms with Crippen LogP contribution in [0.3, 0.4) is 0 Å². The molecule has 1 heterocycles. The number of halogens is 2. The van der Waals surface area contributed by atoms with Crippen LogP contribution in [-0.4, -0.2) is 22.8 Å². The minimum Gasteiger partial charge on any atom is -0.314 e. The van der Waals surface area contributed by atoms with E-state index in [0.717, 1.165) is 17.9 Å². The number of rotatable bonds is 5. The van der Waals surface area contributed by atoms with Crippen LogP contribution in [0, 0.1) is 0 Å². The molecule has 0 radical (unpaired) electrons. The average molecular weight is 221 g/mol. The summed E-state index contributed by atoms with van der Waals surface area (Å²) >= 11 is 0.980. The third-order valence-corrected chi connectivity index (χ3v) is 2.55. The van der Waals surface area contributed by atoms with E-state index in [1.807, 2.05) is 13.8 Å². The number of hydrogen-bond acceptors (Lipinski definition) is 4. The van der Waals surface area contributed by atoms with E-state index in [4.69, 9.17) is 0 Å². The van der Waals surface area contributed by atoms with Crippen LogP contribution in [0.4, 0.5) is 8.78 Å². The molecule has 0 aromatic carbocycles. The van der Waals surface area contributed by atoms with Gasteiger partial charge in [-0.05, 0) is 0 Å². The smallest absolute Gasteiger partial charge is 0.291 e. The van der Waals surface area contributed by atoms with Crippen molar-refractivity contribution in [2.45, 2.75) is 32.7 Å². The van der Waals surface area contributed by atoms with Gasteiger partial charge in [0.25, 0.3) is 6.43 Å². The topological polar surface area (TPSA) is 37.8 Å². The van der Waals surface area contributed by atoms with Gasteiger partial charge in [-0.2, -0.15) is 0 Å². The fraction of sp³-hybridized carbons (Fsp3) is 0.750. The molecule has 3 nitrogen and oxygen atoms in total. The Morgan fingerprint density at radius 3 is 2.57 bits per heavy atom. The van der Waals surface area contributed by atoms with Gasteiger partial charge in [0, 0.05) is 19.0 Å². The van der Waals surface area contributed by atoms with Crippen LogP contribution in [0.2, 0.25) is 0 Å². The molecule has 1 rings (SSSR count). The molecule has 0 amide bonds. The van der Waals surface area contributed by atoms with E-state index in [1.54, 1.807) is 0 Å². The van der Waals surface area contributed by atoms with Crippen molar-refractivity contribution in [3.8, 4) is 0 Å². The lowest BCUT2D eigenvalue weighted by molar-refractivity contribution is 0.150. The van der Waals surface area contributed by atoms with Crippen molar-refractivity contribution in [2.75, 3.05) is 6.54 Å².